The van der Waals surface area contributed by atoms with Crippen LogP contribution in [0.4, 0.5) is 18.9 Å². The fourth-order valence-electron chi connectivity index (χ4n) is 2.07. The Morgan fingerprint density at radius 3 is 2.35 bits per heavy atom. The Morgan fingerprint density at radius 1 is 1.12 bits per heavy atom. The zero-order chi connectivity index (χ0) is 19.3. The lowest BCUT2D eigenvalue weighted by Gasteiger charge is -2.12. The summed E-state index contributed by atoms with van der Waals surface area (Å²) in [6.07, 6.45) is -3.75. The summed E-state index contributed by atoms with van der Waals surface area (Å²) >= 11 is 5.79. The number of carbonyl (C=O) groups is 2. The van der Waals surface area contributed by atoms with Gasteiger partial charge in [-0.1, -0.05) is 30.7 Å². The lowest BCUT2D eigenvalue weighted by molar-refractivity contribution is -0.137. The second kappa shape index (κ2) is 8.23. The maximum absolute atomic E-state index is 12.7. The monoisotopic (exact) mass is 385 g/mol. The Balaban J connectivity index is 1.97. The molecule has 2 aromatic carbocycles. The van der Waals surface area contributed by atoms with Crippen molar-refractivity contribution in [2.24, 2.45) is 0 Å². The number of hydrogen-bond acceptors (Lipinski definition) is 3. The molecule has 0 radical (unpaired) electrons. The number of aryl methyl sites for hydroxylation is 1. The third kappa shape index (κ3) is 5.23. The Kier molecular flexibility index (Phi) is 6.26. The Morgan fingerprint density at radius 2 is 1.77 bits per heavy atom. The number of rotatable bonds is 5. The minimum Gasteiger partial charge on any atom is -0.452 e. The van der Waals surface area contributed by atoms with E-state index in [-0.39, 0.29) is 16.3 Å². The highest BCUT2D eigenvalue weighted by Gasteiger charge is 2.31. The summed E-state index contributed by atoms with van der Waals surface area (Å²) in [5.41, 5.74) is 0.144. The first-order chi connectivity index (χ1) is 12.2. The van der Waals surface area contributed by atoms with Gasteiger partial charge in [0.15, 0.2) is 6.61 Å². The van der Waals surface area contributed by atoms with Crippen molar-refractivity contribution in [1.29, 1.82) is 0 Å². The van der Waals surface area contributed by atoms with Crippen LogP contribution in [-0.4, -0.2) is 18.5 Å². The smallest absolute Gasteiger partial charge is 0.416 e. The quantitative estimate of drug-likeness (QED) is 0.758. The molecule has 0 aromatic heterocycles. The van der Waals surface area contributed by atoms with Crippen LogP contribution in [0.3, 0.4) is 0 Å². The van der Waals surface area contributed by atoms with Crippen molar-refractivity contribution >= 4 is 29.2 Å². The van der Waals surface area contributed by atoms with Crippen molar-refractivity contribution in [3.05, 3.63) is 64.2 Å². The first-order valence-corrected chi connectivity index (χ1v) is 8.01. The van der Waals surface area contributed by atoms with Gasteiger partial charge in [0.2, 0.25) is 0 Å². The highest BCUT2D eigenvalue weighted by Crippen LogP contribution is 2.33. The predicted octanol–water partition coefficient (Wildman–Crippen LogP) is 4.72. The van der Waals surface area contributed by atoms with Gasteiger partial charge in [-0.25, -0.2) is 4.79 Å². The molecular formula is C18H15ClF3NO3. The summed E-state index contributed by atoms with van der Waals surface area (Å²) in [5.74, 6) is -1.51. The first kappa shape index (κ1) is 19.8. The van der Waals surface area contributed by atoms with Gasteiger partial charge in [0.05, 0.1) is 21.8 Å². The summed E-state index contributed by atoms with van der Waals surface area (Å²) in [5, 5.41) is 2.14. The number of esters is 1. The third-order valence-electron chi connectivity index (χ3n) is 3.50. The molecule has 0 saturated carbocycles. The van der Waals surface area contributed by atoms with Crippen molar-refractivity contribution < 1.29 is 27.5 Å². The molecule has 0 aliphatic heterocycles. The van der Waals surface area contributed by atoms with Gasteiger partial charge in [0.1, 0.15) is 0 Å². The van der Waals surface area contributed by atoms with Gasteiger partial charge in [-0.15, -0.1) is 0 Å². The van der Waals surface area contributed by atoms with E-state index in [0.29, 0.717) is 6.07 Å². The van der Waals surface area contributed by atoms with Crippen LogP contribution >= 0.6 is 11.6 Å². The van der Waals surface area contributed by atoms with E-state index in [4.69, 9.17) is 16.3 Å². The molecule has 138 valence electrons. The lowest BCUT2D eigenvalue weighted by atomic mass is 10.1. The molecule has 0 spiro atoms. The molecule has 0 atom stereocenters. The van der Waals surface area contributed by atoms with Gasteiger partial charge in [-0.05, 0) is 42.3 Å². The predicted molar refractivity (Wildman–Crippen MR) is 91.2 cm³/mol. The van der Waals surface area contributed by atoms with Crippen molar-refractivity contribution in [3.8, 4) is 0 Å². The first-order valence-electron chi connectivity index (χ1n) is 7.63. The van der Waals surface area contributed by atoms with E-state index < -0.39 is 30.2 Å². The van der Waals surface area contributed by atoms with E-state index >= 15 is 0 Å². The minimum absolute atomic E-state index is 0.0622. The van der Waals surface area contributed by atoms with E-state index in [9.17, 15) is 22.8 Å². The largest absolute Gasteiger partial charge is 0.452 e. The second-order valence-corrected chi connectivity index (χ2v) is 5.77. The molecular weight excluding hydrogens is 371 g/mol. The number of amides is 1. The summed E-state index contributed by atoms with van der Waals surface area (Å²) in [4.78, 5) is 23.7. The highest BCUT2D eigenvalue weighted by atomic mass is 35.5. The summed E-state index contributed by atoms with van der Waals surface area (Å²) in [6.45, 7) is 1.32. The molecule has 8 heteroatoms. The number of nitrogens with one attached hydrogen (secondary N) is 1. The van der Waals surface area contributed by atoms with Gasteiger partial charge < -0.3 is 10.1 Å². The number of hydrogen-bond donors (Lipinski definition) is 1. The fourth-order valence-corrected chi connectivity index (χ4v) is 2.24. The van der Waals surface area contributed by atoms with Crippen molar-refractivity contribution in [1.82, 2.24) is 0 Å². The van der Waals surface area contributed by atoms with Crippen LogP contribution < -0.4 is 5.32 Å². The average Bonchev–Trinajstić information content (AvgIpc) is 2.60. The number of alkyl halides is 3. The van der Waals surface area contributed by atoms with Crippen LogP contribution in [0, 0.1) is 0 Å². The fraction of sp³-hybridized carbons (Fsp3) is 0.222. The number of benzene rings is 2. The van der Waals surface area contributed by atoms with Crippen LogP contribution in [0.25, 0.3) is 0 Å². The normalized spacial score (nSPS) is 11.1. The zero-order valence-corrected chi connectivity index (χ0v) is 14.4. The average molecular weight is 386 g/mol. The summed E-state index contributed by atoms with van der Waals surface area (Å²) in [7, 11) is 0. The number of halogens is 4. The van der Waals surface area contributed by atoms with E-state index in [1.807, 2.05) is 6.92 Å². The third-order valence-corrected chi connectivity index (χ3v) is 3.83. The van der Waals surface area contributed by atoms with Crippen molar-refractivity contribution in [2.75, 3.05) is 11.9 Å². The van der Waals surface area contributed by atoms with Gasteiger partial charge in [0.25, 0.3) is 5.91 Å². The van der Waals surface area contributed by atoms with Crippen molar-refractivity contribution in [2.45, 2.75) is 19.5 Å². The SMILES string of the molecule is CCc1ccc(C(=O)OCC(=O)Nc2cc(C(F)(F)F)ccc2Cl)cc1. The number of anilines is 1. The topological polar surface area (TPSA) is 55.4 Å². The molecule has 26 heavy (non-hydrogen) atoms. The molecule has 1 amide bonds. The Bertz CT molecular complexity index is 804. The molecule has 2 aromatic rings. The number of carbonyl (C=O) groups excluding carboxylic acids is 2. The summed E-state index contributed by atoms with van der Waals surface area (Å²) in [6, 6.07) is 9.22. The molecule has 0 aliphatic carbocycles. The van der Waals surface area contributed by atoms with Crippen LogP contribution in [0.15, 0.2) is 42.5 Å². The maximum Gasteiger partial charge on any atom is 0.416 e. The zero-order valence-electron chi connectivity index (χ0n) is 13.7. The molecule has 0 aliphatic rings. The Hall–Kier alpha value is -2.54. The van der Waals surface area contributed by atoms with E-state index in [1.54, 1.807) is 24.3 Å². The van der Waals surface area contributed by atoms with Crippen molar-refractivity contribution in [3.63, 3.8) is 0 Å². The minimum atomic E-state index is -4.57. The Labute approximate surface area is 152 Å². The van der Waals surface area contributed by atoms with Crippen LogP contribution in [0.2, 0.25) is 5.02 Å². The molecule has 0 heterocycles. The molecule has 0 unspecified atom stereocenters. The van der Waals surface area contributed by atoms with Crippen LogP contribution in [0.5, 0.6) is 0 Å². The van der Waals surface area contributed by atoms with Gasteiger partial charge in [-0.3, -0.25) is 4.79 Å². The maximum atomic E-state index is 12.7. The van der Waals surface area contributed by atoms with Gasteiger partial charge >= 0.3 is 12.1 Å². The second-order valence-electron chi connectivity index (χ2n) is 5.37. The van der Waals surface area contributed by atoms with Crippen LogP contribution in [-0.2, 0) is 22.1 Å². The molecule has 0 fully saturated rings. The molecule has 4 nitrogen and oxygen atoms in total. The lowest BCUT2D eigenvalue weighted by Crippen LogP contribution is -2.21. The molecule has 0 bridgehead atoms. The molecule has 0 saturated heterocycles. The molecule has 2 rings (SSSR count). The highest BCUT2D eigenvalue weighted by molar-refractivity contribution is 6.33. The van der Waals surface area contributed by atoms with E-state index in [2.05, 4.69) is 5.32 Å². The van der Waals surface area contributed by atoms with Gasteiger partial charge in [-0.2, -0.15) is 13.2 Å². The van der Waals surface area contributed by atoms with Crippen LogP contribution in [0.1, 0.15) is 28.4 Å². The van der Waals surface area contributed by atoms with Gasteiger partial charge in [0, 0.05) is 0 Å². The standard InChI is InChI=1S/C18H15ClF3NO3/c1-2-11-3-5-12(6-4-11)17(25)26-10-16(24)23-15-9-13(18(20,21)22)7-8-14(15)19/h3-9H,2,10H2,1H3,(H,23,24). The van der Waals surface area contributed by atoms with E-state index in [0.717, 1.165) is 24.1 Å². The summed E-state index contributed by atoms with van der Waals surface area (Å²) < 4.78 is 43.0. The number of ether oxygens (including phenoxy) is 1. The molecule has 1 N–H and O–H groups in total. The van der Waals surface area contributed by atoms with E-state index in [1.165, 1.54) is 0 Å².